The van der Waals surface area contributed by atoms with Crippen molar-refractivity contribution < 1.29 is 9.59 Å². The van der Waals surface area contributed by atoms with Crippen molar-refractivity contribution in [3.8, 4) is 0 Å². The maximum Gasteiger partial charge on any atom is 0.229 e. The molecule has 1 aliphatic heterocycles. The molecule has 7 heteroatoms. The van der Waals surface area contributed by atoms with E-state index in [2.05, 4.69) is 38.7 Å². The Bertz CT molecular complexity index is 1320. The van der Waals surface area contributed by atoms with Crippen LogP contribution in [0.5, 0.6) is 0 Å². The number of nitrogens with one attached hydrogen (secondary N) is 3. The second-order valence-corrected chi connectivity index (χ2v) is 8.51. The van der Waals surface area contributed by atoms with E-state index in [1.807, 2.05) is 30.3 Å². The fourth-order valence-corrected chi connectivity index (χ4v) is 5.09. The van der Waals surface area contributed by atoms with E-state index in [0.717, 1.165) is 41.4 Å². The molecular weight excluding hydrogens is 390 g/mol. The van der Waals surface area contributed by atoms with Gasteiger partial charge in [-0.15, -0.1) is 0 Å². The summed E-state index contributed by atoms with van der Waals surface area (Å²) in [5.74, 6) is 0.101. The lowest BCUT2D eigenvalue weighted by atomic mass is 9.91. The number of hydrogen-bond donors (Lipinski definition) is 3. The van der Waals surface area contributed by atoms with E-state index in [4.69, 9.17) is 0 Å². The standard InChI is InChI=1S/C24H23N5O2/c30-21-12-14(13-29(21)23-17-7-2-4-10-19(17)27-28-23)24(31)26-20-11-5-8-16-15-6-1-3-9-18(15)25-22(16)20/h1-4,6-7,9-10,14,20,25H,5,8,11-13H2,(H,26,31)(H,27,28)/t14-,20+/m0/s1. The first-order chi connectivity index (χ1) is 15.2. The third-order valence-corrected chi connectivity index (χ3v) is 6.63. The minimum Gasteiger partial charge on any atom is -0.356 e. The van der Waals surface area contributed by atoms with Crippen molar-refractivity contribution in [2.75, 3.05) is 11.4 Å². The van der Waals surface area contributed by atoms with Crippen LogP contribution in [0.25, 0.3) is 21.8 Å². The number of benzene rings is 2. The summed E-state index contributed by atoms with van der Waals surface area (Å²) >= 11 is 0. The summed E-state index contributed by atoms with van der Waals surface area (Å²) < 4.78 is 0. The Kier molecular flexibility index (Phi) is 4.09. The van der Waals surface area contributed by atoms with Crippen molar-refractivity contribution in [3.63, 3.8) is 0 Å². The molecule has 4 aromatic rings. The van der Waals surface area contributed by atoms with Crippen LogP contribution >= 0.6 is 0 Å². The highest BCUT2D eigenvalue weighted by atomic mass is 16.2. The van der Waals surface area contributed by atoms with E-state index < -0.39 is 0 Å². The van der Waals surface area contributed by atoms with Crippen LogP contribution in [0.2, 0.25) is 0 Å². The molecular formula is C24H23N5O2. The first-order valence-corrected chi connectivity index (χ1v) is 10.8. The second-order valence-electron chi connectivity index (χ2n) is 8.51. The molecule has 0 bridgehead atoms. The van der Waals surface area contributed by atoms with Crippen LogP contribution in [-0.4, -0.2) is 33.5 Å². The molecule has 2 aliphatic rings. The van der Waals surface area contributed by atoms with Crippen molar-refractivity contribution in [3.05, 3.63) is 59.8 Å². The van der Waals surface area contributed by atoms with Gasteiger partial charge < -0.3 is 10.3 Å². The largest absolute Gasteiger partial charge is 0.356 e. The molecule has 2 aromatic carbocycles. The van der Waals surface area contributed by atoms with Crippen LogP contribution in [0.3, 0.4) is 0 Å². The predicted molar refractivity (Wildman–Crippen MR) is 119 cm³/mol. The SMILES string of the molecule is O=C(N[C@@H]1CCCc2c1[nH]c1ccccc21)[C@H]1CC(=O)N(c2n[nH]c3ccccc23)C1. The molecule has 3 heterocycles. The van der Waals surface area contributed by atoms with Gasteiger partial charge >= 0.3 is 0 Å². The average molecular weight is 413 g/mol. The van der Waals surface area contributed by atoms with Gasteiger partial charge in [-0.1, -0.05) is 30.3 Å². The quantitative estimate of drug-likeness (QED) is 0.479. The number of nitrogens with zero attached hydrogens (tertiary/aromatic N) is 2. The van der Waals surface area contributed by atoms with Gasteiger partial charge in [-0.05, 0) is 43.0 Å². The number of aryl methyl sites for hydroxylation is 1. The summed E-state index contributed by atoms with van der Waals surface area (Å²) in [5.41, 5.74) is 4.41. The van der Waals surface area contributed by atoms with Gasteiger partial charge in [0.25, 0.3) is 0 Å². The van der Waals surface area contributed by atoms with E-state index in [-0.39, 0.29) is 30.2 Å². The zero-order valence-corrected chi connectivity index (χ0v) is 17.0. The maximum absolute atomic E-state index is 13.1. The number of para-hydroxylation sites is 2. The smallest absolute Gasteiger partial charge is 0.229 e. The summed E-state index contributed by atoms with van der Waals surface area (Å²) in [5, 5.41) is 12.7. The highest BCUT2D eigenvalue weighted by Gasteiger charge is 2.38. The molecule has 2 atom stereocenters. The summed E-state index contributed by atoms with van der Waals surface area (Å²) in [6.45, 7) is 0.353. The summed E-state index contributed by atoms with van der Waals surface area (Å²) in [6, 6.07) is 16.0. The van der Waals surface area contributed by atoms with Gasteiger partial charge in [0.05, 0.1) is 17.5 Å². The first-order valence-electron chi connectivity index (χ1n) is 10.8. The number of carbonyl (C=O) groups excluding carboxylic acids is 2. The Labute approximate surface area is 178 Å². The van der Waals surface area contributed by atoms with Crippen molar-refractivity contribution in [1.29, 1.82) is 0 Å². The van der Waals surface area contributed by atoms with Gasteiger partial charge in [-0.2, -0.15) is 5.10 Å². The molecule has 31 heavy (non-hydrogen) atoms. The summed E-state index contributed by atoms with van der Waals surface area (Å²) in [6.07, 6.45) is 3.17. The third kappa shape index (κ3) is 2.91. The Morgan fingerprint density at radius 1 is 1.06 bits per heavy atom. The fourth-order valence-electron chi connectivity index (χ4n) is 5.09. The predicted octanol–water partition coefficient (Wildman–Crippen LogP) is 3.59. The number of H-pyrrole nitrogens is 2. The zero-order chi connectivity index (χ0) is 20.9. The molecule has 0 spiro atoms. The van der Waals surface area contributed by atoms with Crippen LogP contribution in [0, 0.1) is 5.92 Å². The first kappa shape index (κ1) is 18.2. The lowest BCUT2D eigenvalue weighted by Gasteiger charge is -2.25. The number of fused-ring (bicyclic) bond motifs is 4. The van der Waals surface area contributed by atoms with Crippen molar-refractivity contribution in [2.45, 2.75) is 31.7 Å². The van der Waals surface area contributed by atoms with E-state index in [1.165, 1.54) is 10.9 Å². The topological polar surface area (TPSA) is 93.9 Å². The molecule has 156 valence electrons. The number of hydrogen-bond acceptors (Lipinski definition) is 3. The zero-order valence-electron chi connectivity index (χ0n) is 17.0. The molecule has 0 radical (unpaired) electrons. The molecule has 3 N–H and O–H groups in total. The molecule has 1 saturated heterocycles. The Morgan fingerprint density at radius 2 is 1.84 bits per heavy atom. The minimum atomic E-state index is -0.377. The van der Waals surface area contributed by atoms with Crippen LogP contribution in [0.1, 0.15) is 36.6 Å². The van der Waals surface area contributed by atoms with E-state index in [9.17, 15) is 9.59 Å². The monoisotopic (exact) mass is 413 g/mol. The average Bonchev–Trinajstić information content (AvgIpc) is 3.49. The second kappa shape index (κ2) is 6.97. The number of carbonyl (C=O) groups is 2. The van der Waals surface area contributed by atoms with E-state index in [1.54, 1.807) is 4.90 Å². The van der Waals surface area contributed by atoms with Gasteiger partial charge in [0, 0.05) is 34.9 Å². The third-order valence-electron chi connectivity index (χ3n) is 6.63. The molecule has 0 unspecified atom stereocenters. The number of anilines is 1. The van der Waals surface area contributed by atoms with Crippen LogP contribution in [-0.2, 0) is 16.0 Å². The normalized spacial score (nSPS) is 21.0. The lowest BCUT2D eigenvalue weighted by Crippen LogP contribution is -2.37. The van der Waals surface area contributed by atoms with Gasteiger partial charge in [0.2, 0.25) is 11.8 Å². The van der Waals surface area contributed by atoms with Crippen LogP contribution in [0.4, 0.5) is 5.82 Å². The molecule has 2 amide bonds. The van der Waals surface area contributed by atoms with Gasteiger partial charge in [0.1, 0.15) is 0 Å². The molecule has 1 aliphatic carbocycles. The minimum absolute atomic E-state index is 0.0426. The van der Waals surface area contributed by atoms with Gasteiger partial charge in [0.15, 0.2) is 5.82 Å². The molecule has 7 nitrogen and oxygen atoms in total. The fraction of sp³-hybridized carbons (Fsp3) is 0.292. The van der Waals surface area contributed by atoms with Crippen LogP contribution < -0.4 is 10.2 Å². The lowest BCUT2D eigenvalue weighted by molar-refractivity contribution is -0.127. The summed E-state index contributed by atoms with van der Waals surface area (Å²) in [4.78, 5) is 31.0. The number of aromatic nitrogens is 3. The number of rotatable bonds is 3. The summed E-state index contributed by atoms with van der Waals surface area (Å²) in [7, 11) is 0. The van der Waals surface area contributed by atoms with E-state index >= 15 is 0 Å². The van der Waals surface area contributed by atoms with Crippen molar-refractivity contribution in [2.24, 2.45) is 5.92 Å². The van der Waals surface area contributed by atoms with Crippen molar-refractivity contribution in [1.82, 2.24) is 20.5 Å². The van der Waals surface area contributed by atoms with Crippen LogP contribution in [0.15, 0.2) is 48.5 Å². The van der Waals surface area contributed by atoms with Gasteiger partial charge in [-0.25, -0.2) is 0 Å². The maximum atomic E-state index is 13.1. The molecule has 0 saturated carbocycles. The molecule has 2 aromatic heterocycles. The Morgan fingerprint density at radius 3 is 2.71 bits per heavy atom. The Hall–Kier alpha value is -3.61. The van der Waals surface area contributed by atoms with Crippen molar-refractivity contribution >= 4 is 39.4 Å². The number of aromatic amines is 2. The number of amides is 2. The highest BCUT2D eigenvalue weighted by Crippen LogP contribution is 2.35. The Balaban J connectivity index is 1.22. The molecule has 1 fully saturated rings. The molecule has 6 rings (SSSR count). The highest BCUT2D eigenvalue weighted by molar-refractivity contribution is 6.05. The van der Waals surface area contributed by atoms with Gasteiger partial charge in [-0.3, -0.25) is 19.6 Å². The van der Waals surface area contributed by atoms with E-state index in [0.29, 0.717) is 12.4 Å².